The molecule has 3 aromatic rings. The molecule has 2 aromatic heterocycles. The molecule has 2 atom stereocenters. The summed E-state index contributed by atoms with van der Waals surface area (Å²) in [6.45, 7) is 7.47. The van der Waals surface area contributed by atoms with Gasteiger partial charge in [0.1, 0.15) is 17.5 Å². The van der Waals surface area contributed by atoms with Crippen LogP contribution in [0.4, 0.5) is 11.8 Å². The van der Waals surface area contributed by atoms with Gasteiger partial charge in [-0.3, -0.25) is 0 Å². The van der Waals surface area contributed by atoms with Crippen LogP contribution in [0.2, 0.25) is 0 Å². The van der Waals surface area contributed by atoms with Crippen LogP contribution in [0.1, 0.15) is 38.3 Å². The minimum absolute atomic E-state index is 0.188. The van der Waals surface area contributed by atoms with Gasteiger partial charge in [-0.05, 0) is 47.9 Å². The summed E-state index contributed by atoms with van der Waals surface area (Å²) in [7, 11) is 0. The van der Waals surface area contributed by atoms with Crippen molar-refractivity contribution in [3.05, 3.63) is 60.0 Å². The van der Waals surface area contributed by atoms with Gasteiger partial charge in [0.15, 0.2) is 0 Å². The second kappa shape index (κ2) is 8.15. The van der Waals surface area contributed by atoms with Crippen molar-refractivity contribution in [2.45, 2.75) is 39.7 Å². The van der Waals surface area contributed by atoms with Crippen LogP contribution < -0.4 is 10.6 Å². The molecular weight excluding hydrogens is 374 g/mol. The highest BCUT2D eigenvalue weighted by molar-refractivity contribution is 5.54. The summed E-state index contributed by atoms with van der Waals surface area (Å²) in [5.41, 5.74) is 2.92. The maximum atomic E-state index is 9.41. The van der Waals surface area contributed by atoms with Crippen LogP contribution in [-0.4, -0.2) is 32.3 Å². The first-order valence-electron chi connectivity index (χ1n) is 10.3. The van der Waals surface area contributed by atoms with E-state index in [1.807, 2.05) is 16.9 Å². The Labute approximate surface area is 177 Å². The Morgan fingerprint density at radius 2 is 2.07 bits per heavy atom. The standard InChI is InChI=1S/C23H27N7/c1-16-13-20(23(16,2)3)28-21-18(14-24)15-26-22(29-21)25-11-9-17-5-7-19(8-6-17)30-12-4-10-27-30/h4-8,10,12,15-16,20H,9,11,13H2,1-3H3,(H2,25,26,28,29)/t16-,20+/m0/s1. The summed E-state index contributed by atoms with van der Waals surface area (Å²) in [6.07, 6.45) is 7.21. The zero-order valence-corrected chi connectivity index (χ0v) is 17.6. The van der Waals surface area contributed by atoms with Crippen molar-refractivity contribution >= 4 is 11.8 Å². The van der Waals surface area contributed by atoms with Crippen LogP contribution in [0.25, 0.3) is 5.69 Å². The van der Waals surface area contributed by atoms with Crippen molar-refractivity contribution < 1.29 is 0 Å². The second-order valence-electron chi connectivity index (χ2n) is 8.52. The molecule has 1 saturated carbocycles. The average Bonchev–Trinajstić information content (AvgIpc) is 3.29. The lowest BCUT2D eigenvalue weighted by Gasteiger charge is -2.51. The van der Waals surface area contributed by atoms with Gasteiger partial charge in [0.2, 0.25) is 5.95 Å². The number of nitrogens with zero attached hydrogens (tertiary/aromatic N) is 5. The molecule has 1 aromatic carbocycles. The molecule has 2 heterocycles. The molecule has 1 fully saturated rings. The fourth-order valence-corrected chi connectivity index (χ4v) is 3.77. The van der Waals surface area contributed by atoms with Gasteiger partial charge in [0, 0.05) is 25.0 Å². The predicted molar refractivity (Wildman–Crippen MR) is 117 cm³/mol. The molecule has 0 bridgehead atoms. The van der Waals surface area contributed by atoms with Crippen molar-refractivity contribution in [2.24, 2.45) is 11.3 Å². The van der Waals surface area contributed by atoms with Gasteiger partial charge >= 0.3 is 0 Å². The summed E-state index contributed by atoms with van der Waals surface area (Å²) in [6, 6.07) is 12.7. The van der Waals surface area contributed by atoms with Crippen LogP contribution in [0.3, 0.4) is 0 Å². The number of nitriles is 1. The predicted octanol–water partition coefficient (Wildman–Crippen LogP) is 4.04. The molecule has 0 amide bonds. The van der Waals surface area contributed by atoms with Crippen molar-refractivity contribution in [2.75, 3.05) is 17.2 Å². The summed E-state index contributed by atoms with van der Waals surface area (Å²) in [5.74, 6) is 1.80. The van der Waals surface area contributed by atoms with E-state index in [1.165, 1.54) is 5.56 Å². The van der Waals surface area contributed by atoms with E-state index in [2.05, 4.69) is 76.8 Å². The monoisotopic (exact) mass is 401 g/mol. The molecule has 4 rings (SSSR count). The largest absolute Gasteiger partial charge is 0.366 e. The Hall–Kier alpha value is -3.40. The van der Waals surface area contributed by atoms with Gasteiger partial charge < -0.3 is 10.6 Å². The second-order valence-corrected chi connectivity index (χ2v) is 8.52. The molecule has 0 aliphatic heterocycles. The lowest BCUT2D eigenvalue weighted by molar-refractivity contribution is 0.0654. The topological polar surface area (TPSA) is 91.4 Å². The molecule has 0 saturated heterocycles. The number of hydrogen-bond donors (Lipinski definition) is 2. The van der Waals surface area contributed by atoms with E-state index in [-0.39, 0.29) is 5.41 Å². The SMILES string of the molecule is C[C@H]1C[C@@H](Nc2nc(NCCc3ccc(-n4cccn4)cc3)ncc2C#N)C1(C)C. The molecule has 30 heavy (non-hydrogen) atoms. The Bertz CT molecular complexity index is 1030. The zero-order chi connectivity index (χ0) is 21.1. The van der Waals surface area contributed by atoms with Gasteiger partial charge in [-0.1, -0.05) is 32.9 Å². The number of hydrogen-bond acceptors (Lipinski definition) is 6. The number of rotatable bonds is 7. The Kier molecular flexibility index (Phi) is 5.40. The van der Waals surface area contributed by atoms with Crippen LogP contribution in [0, 0.1) is 22.7 Å². The molecule has 2 N–H and O–H groups in total. The number of aromatic nitrogens is 4. The van der Waals surface area contributed by atoms with Crippen LogP contribution in [-0.2, 0) is 6.42 Å². The van der Waals surface area contributed by atoms with E-state index in [4.69, 9.17) is 0 Å². The summed E-state index contributed by atoms with van der Waals surface area (Å²) in [5, 5.41) is 20.4. The molecule has 1 aliphatic carbocycles. The van der Waals surface area contributed by atoms with Gasteiger partial charge in [-0.15, -0.1) is 0 Å². The van der Waals surface area contributed by atoms with Gasteiger partial charge in [-0.2, -0.15) is 15.3 Å². The first-order valence-corrected chi connectivity index (χ1v) is 10.3. The minimum atomic E-state index is 0.188. The number of benzene rings is 1. The third-order valence-electron chi connectivity index (χ3n) is 6.38. The number of anilines is 2. The summed E-state index contributed by atoms with van der Waals surface area (Å²) >= 11 is 0. The van der Waals surface area contributed by atoms with E-state index >= 15 is 0 Å². The highest BCUT2D eigenvalue weighted by Crippen LogP contribution is 2.47. The van der Waals surface area contributed by atoms with E-state index in [1.54, 1.807) is 12.4 Å². The molecule has 7 nitrogen and oxygen atoms in total. The third kappa shape index (κ3) is 3.99. The Morgan fingerprint density at radius 1 is 1.27 bits per heavy atom. The lowest BCUT2D eigenvalue weighted by atomic mass is 9.59. The van der Waals surface area contributed by atoms with Crippen LogP contribution in [0.15, 0.2) is 48.9 Å². The van der Waals surface area contributed by atoms with Crippen molar-refractivity contribution in [1.29, 1.82) is 5.26 Å². The van der Waals surface area contributed by atoms with E-state index in [0.717, 1.165) is 18.5 Å². The van der Waals surface area contributed by atoms with E-state index in [9.17, 15) is 5.26 Å². The molecule has 7 heteroatoms. The molecule has 1 aliphatic rings. The molecule has 0 unspecified atom stereocenters. The Balaban J connectivity index is 1.36. The van der Waals surface area contributed by atoms with E-state index < -0.39 is 0 Å². The third-order valence-corrected chi connectivity index (χ3v) is 6.38. The summed E-state index contributed by atoms with van der Waals surface area (Å²) in [4.78, 5) is 8.86. The fourth-order valence-electron chi connectivity index (χ4n) is 3.77. The molecule has 0 spiro atoms. The Morgan fingerprint density at radius 3 is 2.70 bits per heavy atom. The maximum Gasteiger partial charge on any atom is 0.224 e. The maximum absolute atomic E-state index is 9.41. The first-order chi connectivity index (χ1) is 14.5. The normalized spacial score (nSPS) is 19.5. The van der Waals surface area contributed by atoms with E-state index in [0.29, 0.717) is 35.8 Å². The van der Waals surface area contributed by atoms with Gasteiger partial charge in [0.25, 0.3) is 0 Å². The minimum Gasteiger partial charge on any atom is -0.366 e. The fraction of sp³-hybridized carbons (Fsp3) is 0.391. The highest BCUT2D eigenvalue weighted by Gasteiger charge is 2.45. The van der Waals surface area contributed by atoms with Crippen molar-refractivity contribution in [1.82, 2.24) is 19.7 Å². The highest BCUT2D eigenvalue weighted by atomic mass is 15.3. The van der Waals surface area contributed by atoms with Crippen molar-refractivity contribution in [3.63, 3.8) is 0 Å². The summed E-state index contributed by atoms with van der Waals surface area (Å²) < 4.78 is 1.84. The average molecular weight is 402 g/mol. The van der Waals surface area contributed by atoms with Crippen molar-refractivity contribution in [3.8, 4) is 11.8 Å². The van der Waals surface area contributed by atoms with Crippen LogP contribution >= 0.6 is 0 Å². The smallest absolute Gasteiger partial charge is 0.224 e. The lowest BCUT2D eigenvalue weighted by Crippen LogP contribution is -2.52. The first kappa shape index (κ1) is 19.9. The molecular formula is C23H27N7. The van der Waals surface area contributed by atoms with Gasteiger partial charge in [-0.25, -0.2) is 9.67 Å². The molecule has 154 valence electrons. The van der Waals surface area contributed by atoms with Gasteiger partial charge in [0.05, 0.1) is 11.9 Å². The molecule has 0 radical (unpaired) electrons. The van der Waals surface area contributed by atoms with Crippen LogP contribution in [0.5, 0.6) is 0 Å². The quantitative estimate of drug-likeness (QED) is 0.621. The zero-order valence-electron chi connectivity index (χ0n) is 17.6. The number of nitrogens with one attached hydrogen (secondary N) is 2.